The van der Waals surface area contributed by atoms with Crippen molar-refractivity contribution in [1.29, 1.82) is 0 Å². The number of hydrogen-bond donors (Lipinski definition) is 1. The van der Waals surface area contributed by atoms with Crippen LogP contribution in [0.1, 0.15) is 66.5 Å². The molecule has 1 aromatic carbocycles. The van der Waals surface area contributed by atoms with Crippen molar-refractivity contribution in [3.8, 4) is 0 Å². The third-order valence-electron chi connectivity index (χ3n) is 7.14. The number of thiophene rings is 1. The van der Waals surface area contributed by atoms with E-state index < -0.39 is 0 Å². The molecule has 1 fully saturated rings. The molecule has 1 amide bonds. The third kappa shape index (κ3) is 5.41. The lowest BCUT2D eigenvalue weighted by atomic mass is 9.97. The molecular weight excluding hydrogens is 444 g/mol. The Labute approximate surface area is 205 Å². The fourth-order valence-electron chi connectivity index (χ4n) is 5.17. The van der Waals surface area contributed by atoms with Gasteiger partial charge in [-0.2, -0.15) is 0 Å². The largest absolute Gasteiger partial charge is 0.352 e. The topological polar surface area (TPSA) is 67.2 Å². The SMILES string of the molecule is O=C(CCn1cnc2sc3c(c2c1=O)CCCC3)NCc1ccc(CN2CCCCCC2)cc1. The smallest absolute Gasteiger partial charge is 0.262 e. The molecule has 7 heteroatoms. The van der Waals surface area contributed by atoms with Gasteiger partial charge in [0.2, 0.25) is 5.91 Å². The Morgan fingerprint density at radius 1 is 0.971 bits per heavy atom. The van der Waals surface area contributed by atoms with E-state index in [2.05, 4.69) is 39.5 Å². The molecule has 0 bridgehead atoms. The summed E-state index contributed by atoms with van der Waals surface area (Å²) in [5, 5.41) is 3.78. The molecule has 3 aromatic rings. The molecular formula is C27H34N4O2S. The van der Waals surface area contributed by atoms with Gasteiger partial charge in [-0.3, -0.25) is 19.1 Å². The number of aromatic nitrogens is 2. The number of hydrogen-bond acceptors (Lipinski definition) is 5. The molecule has 0 unspecified atom stereocenters. The maximum Gasteiger partial charge on any atom is 0.262 e. The van der Waals surface area contributed by atoms with E-state index in [0.717, 1.165) is 41.6 Å². The zero-order valence-corrected chi connectivity index (χ0v) is 20.7. The van der Waals surface area contributed by atoms with E-state index in [9.17, 15) is 9.59 Å². The van der Waals surface area contributed by atoms with Crippen LogP contribution in [-0.4, -0.2) is 33.4 Å². The van der Waals surface area contributed by atoms with Crippen molar-refractivity contribution in [3.05, 3.63) is 62.5 Å². The normalized spacial score (nSPS) is 16.8. The molecule has 1 aliphatic heterocycles. The highest BCUT2D eigenvalue weighted by Gasteiger charge is 2.20. The summed E-state index contributed by atoms with van der Waals surface area (Å²) < 4.78 is 1.60. The van der Waals surface area contributed by atoms with Crippen LogP contribution in [0.15, 0.2) is 35.4 Å². The van der Waals surface area contributed by atoms with Gasteiger partial charge in [-0.05, 0) is 68.3 Å². The van der Waals surface area contributed by atoms with Crippen LogP contribution >= 0.6 is 11.3 Å². The zero-order valence-electron chi connectivity index (χ0n) is 19.9. The van der Waals surface area contributed by atoms with Gasteiger partial charge in [0, 0.05) is 30.9 Å². The number of carbonyl (C=O) groups is 1. The van der Waals surface area contributed by atoms with Crippen molar-refractivity contribution < 1.29 is 4.79 Å². The Kier molecular flexibility index (Phi) is 7.40. The Balaban J connectivity index is 1.13. The van der Waals surface area contributed by atoms with Crippen molar-refractivity contribution in [2.24, 2.45) is 0 Å². The fraction of sp³-hybridized carbons (Fsp3) is 0.519. The van der Waals surface area contributed by atoms with Crippen molar-refractivity contribution in [3.63, 3.8) is 0 Å². The highest BCUT2D eigenvalue weighted by Crippen LogP contribution is 2.33. The summed E-state index contributed by atoms with van der Waals surface area (Å²) >= 11 is 1.66. The summed E-state index contributed by atoms with van der Waals surface area (Å²) in [5.41, 5.74) is 3.62. The van der Waals surface area contributed by atoms with Gasteiger partial charge in [0.25, 0.3) is 5.56 Å². The molecule has 0 saturated carbocycles. The van der Waals surface area contributed by atoms with Gasteiger partial charge in [0.15, 0.2) is 0 Å². The lowest BCUT2D eigenvalue weighted by Gasteiger charge is -2.19. The Morgan fingerprint density at radius 2 is 1.71 bits per heavy atom. The first-order valence-corrected chi connectivity index (χ1v) is 13.6. The number of rotatable bonds is 7. The summed E-state index contributed by atoms with van der Waals surface area (Å²) in [4.78, 5) is 34.7. The molecule has 34 heavy (non-hydrogen) atoms. The average molecular weight is 479 g/mol. The highest BCUT2D eigenvalue weighted by molar-refractivity contribution is 7.18. The van der Waals surface area contributed by atoms with Gasteiger partial charge in [-0.15, -0.1) is 11.3 Å². The quantitative estimate of drug-likeness (QED) is 0.546. The first kappa shape index (κ1) is 23.2. The third-order valence-corrected chi connectivity index (χ3v) is 8.34. The monoisotopic (exact) mass is 478 g/mol. The predicted molar refractivity (Wildman–Crippen MR) is 137 cm³/mol. The number of nitrogens with zero attached hydrogens (tertiary/aromatic N) is 3. The van der Waals surface area contributed by atoms with Crippen LogP contribution in [0.4, 0.5) is 0 Å². The second kappa shape index (κ2) is 10.8. The Bertz CT molecular complexity index is 1190. The van der Waals surface area contributed by atoms with Crippen molar-refractivity contribution >= 4 is 27.5 Å². The minimum absolute atomic E-state index is 0.00260. The summed E-state index contributed by atoms with van der Waals surface area (Å²) in [5.74, 6) is -0.0482. The van der Waals surface area contributed by atoms with E-state index in [-0.39, 0.29) is 17.9 Å². The Morgan fingerprint density at radius 3 is 2.50 bits per heavy atom. The second-order valence-corrected chi connectivity index (χ2v) is 10.8. The molecule has 0 spiro atoms. The number of amides is 1. The molecule has 180 valence electrons. The van der Waals surface area contributed by atoms with Crippen LogP contribution in [0.5, 0.6) is 0 Å². The van der Waals surface area contributed by atoms with Crippen LogP contribution < -0.4 is 10.9 Å². The van der Waals surface area contributed by atoms with Gasteiger partial charge in [-0.1, -0.05) is 37.1 Å². The van der Waals surface area contributed by atoms with Gasteiger partial charge in [-0.25, -0.2) is 4.98 Å². The standard InChI is InChI=1S/C27H34N4O2S/c32-24(28-17-20-9-11-21(12-10-20)18-30-14-5-1-2-6-15-30)13-16-31-19-29-26-25(27(31)33)22-7-3-4-8-23(22)34-26/h9-12,19H,1-8,13-18H2,(H,28,32). The van der Waals surface area contributed by atoms with Gasteiger partial charge in [0.1, 0.15) is 4.83 Å². The maximum absolute atomic E-state index is 13.0. The average Bonchev–Trinajstić information content (AvgIpc) is 3.05. The molecule has 0 radical (unpaired) electrons. The second-order valence-electron chi connectivity index (χ2n) is 9.67. The number of nitrogens with one attached hydrogen (secondary N) is 1. The van der Waals surface area contributed by atoms with E-state index in [0.29, 0.717) is 13.1 Å². The minimum Gasteiger partial charge on any atom is -0.352 e. The Hall–Kier alpha value is -2.51. The summed E-state index contributed by atoms with van der Waals surface area (Å²) in [6.07, 6.45) is 11.5. The minimum atomic E-state index is -0.0482. The number of fused-ring (bicyclic) bond motifs is 3. The van der Waals surface area contributed by atoms with Crippen LogP contribution in [0.3, 0.4) is 0 Å². The number of aryl methyl sites for hydroxylation is 3. The van der Waals surface area contributed by atoms with E-state index >= 15 is 0 Å². The van der Waals surface area contributed by atoms with Crippen LogP contribution in [0, 0.1) is 0 Å². The van der Waals surface area contributed by atoms with E-state index in [4.69, 9.17) is 0 Å². The van der Waals surface area contributed by atoms with Crippen molar-refractivity contribution in [2.45, 2.75) is 77.4 Å². The first-order chi connectivity index (χ1) is 16.7. The number of likely N-dealkylation sites (tertiary alicyclic amines) is 1. The van der Waals surface area contributed by atoms with E-state index in [1.807, 2.05) is 0 Å². The van der Waals surface area contributed by atoms with Gasteiger partial charge < -0.3 is 5.32 Å². The molecule has 1 saturated heterocycles. The predicted octanol–water partition coefficient (Wildman–Crippen LogP) is 4.42. The molecule has 3 heterocycles. The highest BCUT2D eigenvalue weighted by atomic mass is 32.1. The zero-order chi connectivity index (χ0) is 23.3. The van der Waals surface area contributed by atoms with Crippen LogP contribution in [-0.2, 0) is 37.3 Å². The fourth-order valence-corrected chi connectivity index (χ4v) is 6.39. The summed E-state index contributed by atoms with van der Waals surface area (Å²) in [7, 11) is 0. The van der Waals surface area contributed by atoms with E-state index in [1.165, 1.54) is 61.2 Å². The molecule has 0 atom stereocenters. The van der Waals surface area contributed by atoms with Crippen molar-refractivity contribution in [1.82, 2.24) is 19.8 Å². The van der Waals surface area contributed by atoms with Crippen LogP contribution in [0.2, 0.25) is 0 Å². The number of carbonyl (C=O) groups excluding carboxylic acids is 1. The lowest BCUT2D eigenvalue weighted by molar-refractivity contribution is -0.121. The lowest BCUT2D eigenvalue weighted by Crippen LogP contribution is -2.27. The molecule has 1 N–H and O–H groups in total. The number of benzene rings is 1. The molecule has 6 nitrogen and oxygen atoms in total. The summed E-state index contributed by atoms with van der Waals surface area (Å²) in [6.45, 7) is 4.25. The summed E-state index contributed by atoms with van der Waals surface area (Å²) in [6, 6.07) is 8.56. The van der Waals surface area contributed by atoms with Gasteiger partial charge >= 0.3 is 0 Å². The van der Waals surface area contributed by atoms with Crippen LogP contribution in [0.25, 0.3) is 10.2 Å². The molecule has 1 aliphatic carbocycles. The molecule has 2 aliphatic rings. The van der Waals surface area contributed by atoms with Crippen molar-refractivity contribution in [2.75, 3.05) is 13.1 Å². The first-order valence-electron chi connectivity index (χ1n) is 12.7. The molecule has 5 rings (SSSR count). The maximum atomic E-state index is 13.0. The van der Waals surface area contributed by atoms with Gasteiger partial charge in [0.05, 0.1) is 11.7 Å². The van der Waals surface area contributed by atoms with E-state index in [1.54, 1.807) is 22.2 Å². The molecule has 2 aromatic heterocycles.